The van der Waals surface area contributed by atoms with Gasteiger partial charge in [-0.15, -0.1) is 11.3 Å². The normalized spacial score (nSPS) is 19.2. The molecular weight excluding hydrogens is 288 g/mol. The first-order valence-electron chi connectivity index (χ1n) is 7.17. The molecule has 1 atom stereocenters. The van der Waals surface area contributed by atoms with Crippen molar-refractivity contribution in [2.24, 2.45) is 0 Å². The van der Waals surface area contributed by atoms with Gasteiger partial charge in [-0.2, -0.15) is 0 Å². The third-order valence-corrected chi connectivity index (χ3v) is 4.02. The van der Waals surface area contributed by atoms with Gasteiger partial charge in [0.15, 0.2) is 0 Å². The second-order valence-electron chi connectivity index (χ2n) is 6.22. The van der Waals surface area contributed by atoms with Crippen LogP contribution in [0.25, 0.3) is 0 Å². The Bertz CT molecular complexity index is 494. The van der Waals surface area contributed by atoms with Crippen molar-refractivity contribution >= 4 is 23.3 Å². The van der Waals surface area contributed by atoms with Crippen molar-refractivity contribution in [3.05, 3.63) is 22.4 Å². The number of rotatable bonds is 2. The molecule has 1 aromatic rings. The molecule has 1 fully saturated rings. The molecule has 2 amide bonds. The molecule has 1 aromatic heterocycles. The van der Waals surface area contributed by atoms with E-state index in [0.717, 1.165) is 12.8 Å². The van der Waals surface area contributed by atoms with Gasteiger partial charge >= 0.3 is 6.09 Å². The van der Waals surface area contributed by atoms with Crippen molar-refractivity contribution in [1.29, 1.82) is 0 Å². The average molecular weight is 310 g/mol. The van der Waals surface area contributed by atoms with E-state index in [-0.39, 0.29) is 18.0 Å². The maximum atomic E-state index is 12.1. The fourth-order valence-corrected chi connectivity index (χ4v) is 2.88. The highest BCUT2D eigenvalue weighted by atomic mass is 32.1. The monoisotopic (exact) mass is 310 g/mol. The Balaban J connectivity index is 1.89. The van der Waals surface area contributed by atoms with Crippen LogP contribution in [0.4, 0.5) is 4.79 Å². The number of hydrogen-bond donors (Lipinski definition) is 1. The third-order valence-electron chi connectivity index (χ3n) is 3.15. The Morgan fingerprint density at radius 3 is 2.81 bits per heavy atom. The Morgan fingerprint density at radius 1 is 1.43 bits per heavy atom. The Morgan fingerprint density at radius 2 is 2.19 bits per heavy atom. The number of nitrogens with zero attached hydrogens (tertiary/aromatic N) is 1. The molecule has 1 aliphatic heterocycles. The lowest BCUT2D eigenvalue weighted by Crippen LogP contribution is -2.50. The van der Waals surface area contributed by atoms with Crippen LogP contribution < -0.4 is 5.32 Å². The number of hydrogen-bond acceptors (Lipinski definition) is 4. The number of amides is 2. The Labute approximate surface area is 129 Å². The molecule has 1 saturated heterocycles. The lowest BCUT2D eigenvalue weighted by Gasteiger charge is -2.34. The van der Waals surface area contributed by atoms with E-state index >= 15 is 0 Å². The van der Waals surface area contributed by atoms with E-state index in [1.54, 1.807) is 11.0 Å². The maximum Gasteiger partial charge on any atom is 0.410 e. The lowest BCUT2D eigenvalue weighted by molar-refractivity contribution is 0.0186. The van der Waals surface area contributed by atoms with Crippen LogP contribution in [0.3, 0.4) is 0 Å². The van der Waals surface area contributed by atoms with E-state index in [4.69, 9.17) is 4.74 Å². The van der Waals surface area contributed by atoms with Gasteiger partial charge in [-0.1, -0.05) is 6.07 Å². The van der Waals surface area contributed by atoms with E-state index < -0.39 is 5.60 Å². The minimum atomic E-state index is -0.496. The topological polar surface area (TPSA) is 58.6 Å². The van der Waals surface area contributed by atoms with Crippen molar-refractivity contribution in [3.63, 3.8) is 0 Å². The maximum absolute atomic E-state index is 12.1. The summed E-state index contributed by atoms with van der Waals surface area (Å²) in [5, 5.41) is 4.87. The molecule has 1 aliphatic rings. The zero-order chi connectivity index (χ0) is 15.5. The molecule has 0 aromatic carbocycles. The summed E-state index contributed by atoms with van der Waals surface area (Å²) in [6.45, 7) is 6.74. The molecule has 21 heavy (non-hydrogen) atoms. The molecule has 2 heterocycles. The van der Waals surface area contributed by atoms with Gasteiger partial charge in [0.2, 0.25) is 0 Å². The first-order chi connectivity index (χ1) is 9.85. The average Bonchev–Trinajstić information content (AvgIpc) is 2.91. The van der Waals surface area contributed by atoms with Gasteiger partial charge in [0.05, 0.1) is 4.88 Å². The van der Waals surface area contributed by atoms with Crippen LogP contribution >= 0.6 is 11.3 Å². The fourth-order valence-electron chi connectivity index (χ4n) is 2.25. The largest absolute Gasteiger partial charge is 0.444 e. The predicted octanol–water partition coefficient (Wildman–Crippen LogP) is 2.88. The summed E-state index contributed by atoms with van der Waals surface area (Å²) in [7, 11) is 0. The molecule has 0 bridgehead atoms. The molecule has 5 nitrogen and oxygen atoms in total. The number of ether oxygens (including phenoxy) is 1. The highest BCUT2D eigenvalue weighted by Crippen LogP contribution is 2.16. The van der Waals surface area contributed by atoms with Crippen LogP contribution in [-0.2, 0) is 4.74 Å². The van der Waals surface area contributed by atoms with Crippen molar-refractivity contribution < 1.29 is 14.3 Å². The zero-order valence-corrected chi connectivity index (χ0v) is 13.5. The van der Waals surface area contributed by atoms with Crippen molar-refractivity contribution in [2.75, 3.05) is 13.1 Å². The van der Waals surface area contributed by atoms with Gasteiger partial charge < -0.3 is 15.0 Å². The highest BCUT2D eigenvalue weighted by Gasteiger charge is 2.28. The van der Waals surface area contributed by atoms with Gasteiger partial charge in [-0.3, -0.25) is 4.79 Å². The number of likely N-dealkylation sites (tertiary alicyclic amines) is 1. The molecule has 1 unspecified atom stereocenters. The van der Waals surface area contributed by atoms with Crippen molar-refractivity contribution in [1.82, 2.24) is 10.2 Å². The molecule has 0 saturated carbocycles. The Kier molecular flexibility index (Phi) is 4.88. The van der Waals surface area contributed by atoms with Crippen LogP contribution in [-0.4, -0.2) is 41.6 Å². The van der Waals surface area contributed by atoms with Crippen LogP contribution in [0.1, 0.15) is 43.3 Å². The van der Waals surface area contributed by atoms with Crippen LogP contribution in [0.2, 0.25) is 0 Å². The predicted molar refractivity (Wildman–Crippen MR) is 82.6 cm³/mol. The SMILES string of the molecule is CC(C)(C)OC(=O)N1CCCC(NC(=O)c2cccs2)C1. The smallest absolute Gasteiger partial charge is 0.410 e. The molecular formula is C15H22N2O3S. The van der Waals surface area contributed by atoms with Crippen LogP contribution in [0.5, 0.6) is 0 Å². The lowest BCUT2D eigenvalue weighted by atomic mass is 10.1. The van der Waals surface area contributed by atoms with Crippen LogP contribution in [0, 0.1) is 0 Å². The first-order valence-corrected chi connectivity index (χ1v) is 8.05. The van der Waals surface area contributed by atoms with Crippen molar-refractivity contribution in [2.45, 2.75) is 45.3 Å². The summed E-state index contributed by atoms with van der Waals surface area (Å²) in [4.78, 5) is 26.5. The third kappa shape index (κ3) is 4.74. The molecule has 6 heteroatoms. The van der Waals surface area contributed by atoms with E-state index in [1.807, 2.05) is 32.2 Å². The quantitative estimate of drug-likeness (QED) is 0.914. The van der Waals surface area contributed by atoms with Crippen LogP contribution in [0.15, 0.2) is 17.5 Å². The molecule has 0 aliphatic carbocycles. The molecule has 0 spiro atoms. The van der Waals surface area contributed by atoms with Gasteiger partial charge in [-0.05, 0) is 45.1 Å². The highest BCUT2D eigenvalue weighted by molar-refractivity contribution is 7.12. The van der Waals surface area contributed by atoms with E-state index in [2.05, 4.69) is 5.32 Å². The number of carbonyl (C=O) groups excluding carboxylic acids is 2. The van der Waals surface area contributed by atoms with E-state index in [9.17, 15) is 9.59 Å². The minimum absolute atomic E-state index is 0.0131. The summed E-state index contributed by atoms with van der Waals surface area (Å²) in [5.41, 5.74) is -0.496. The van der Waals surface area contributed by atoms with Gasteiger partial charge in [0.1, 0.15) is 5.60 Å². The summed E-state index contributed by atoms with van der Waals surface area (Å²) in [6.07, 6.45) is 1.45. The van der Waals surface area contributed by atoms with Gasteiger partial charge in [0.25, 0.3) is 5.91 Å². The number of carbonyl (C=O) groups is 2. The summed E-state index contributed by atoms with van der Waals surface area (Å²) in [5.74, 6) is -0.0685. The molecule has 2 rings (SSSR count). The summed E-state index contributed by atoms with van der Waals surface area (Å²) < 4.78 is 5.38. The number of piperidine rings is 1. The summed E-state index contributed by atoms with van der Waals surface area (Å²) >= 11 is 1.42. The summed E-state index contributed by atoms with van der Waals surface area (Å²) in [6, 6.07) is 3.64. The minimum Gasteiger partial charge on any atom is -0.444 e. The van der Waals surface area contributed by atoms with Gasteiger partial charge in [0, 0.05) is 19.1 Å². The molecule has 0 radical (unpaired) electrons. The fraction of sp³-hybridized carbons (Fsp3) is 0.600. The van der Waals surface area contributed by atoms with E-state index in [1.165, 1.54) is 11.3 Å². The zero-order valence-electron chi connectivity index (χ0n) is 12.7. The van der Waals surface area contributed by atoms with Crippen molar-refractivity contribution in [3.8, 4) is 0 Å². The molecule has 1 N–H and O–H groups in total. The first kappa shape index (κ1) is 15.8. The number of thiophene rings is 1. The second kappa shape index (κ2) is 6.47. The van der Waals surface area contributed by atoms with Gasteiger partial charge in [-0.25, -0.2) is 4.79 Å². The molecule has 116 valence electrons. The number of nitrogens with one attached hydrogen (secondary N) is 1. The standard InChI is InChI=1S/C15H22N2O3S/c1-15(2,3)20-14(19)17-8-4-6-11(10-17)16-13(18)12-7-5-9-21-12/h5,7,9,11H,4,6,8,10H2,1-3H3,(H,16,18). The second-order valence-corrected chi connectivity index (χ2v) is 7.16. The Hall–Kier alpha value is -1.56. The van der Waals surface area contributed by atoms with E-state index in [0.29, 0.717) is 18.0 Å².